The SMILES string of the molecule is CC1NC(=O)C2(CCCC2)N(CCc2ccccc2)C1=O. The Morgan fingerprint density at radius 2 is 1.86 bits per heavy atom. The largest absolute Gasteiger partial charge is 0.343 e. The van der Waals surface area contributed by atoms with Gasteiger partial charge in [0.15, 0.2) is 0 Å². The van der Waals surface area contributed by atoms with E-state index in [4.69, 9.17) is 0 Å². The van der Waals surface area contributed by atoms with Crippen molar-refractivity contribution < 1.29 is 9.59 Å². The highest BCUT2D eigenvalue weighted by molar-refractivity contribution is 5.99. The Balaban J connectivity index is 1.81. The first kappa shape index (κ1) is 14.1. The lowest BCUT2D eigenvalue weighted by molar-refractivity contribution is -0.156. The van der Waals surface area contributed by atoms with Crippen LogP contribution >= 0.6 is 0 Å². The number of benzene rings is 1. The van der Waals surface area contributed by atoms with E-state index in [-0.39, 0.29) is 11.8 Å². The van der Waals surface area contributed by atoms with Crippen molar-refractivity contribution in [3.63, 3.8) is 0 Å². The standard InChI is InChI=1S/C17H22N2O2/c1-13-15(20)19(12-9-14-7-3-2-4-8-14)17(16(21)18-13)10-5-6-11-17/h2-4,7-8,13H,5-6,9-12H2,1H3,(H,18,21). The fourth-order valence-electron chi connectivity index (χ4n) is 3.63. The van der Waals surface area contributed by atoms with Gasteiger partial charge in [-0.3, -0.25) is 9.59 Å². The maximum absolute atomic E-state index is 12.6. The second-order valence-corrected chi connectivity index (χ2v) is 6.16. The number of piperazine rings is 1. The summed E-state index contributed by atoms with van der Waals surface area (Å²) in [6, 6.07) is 9.74. The van der Waals surface area contributed by atoms with E-state index in [1.807, 2.05) is 23.1 Å². The van der Waals surface area contributed by atoms with Crippen molar-refractivity contribution in [1.29, 1.82) is 0 Å². The Bertz CT molecular complexity index is 535. The van der Waals surface area contributed by atoms with E-state index >= 15 is 0 Å². The van der Waals surface area contributed by atoms with Crippen molar-refractivity contribution in [2.75, 3.05) is 6.54 Å². The van der Waals surface area contributed by atoms with Gasteiger partial charge in [0.25, 0.3) is 0 Å². The topological polar surface area (TPSA) is 49.4 Å². The molecule has 1 aliphatic heterocycles. The smallest absolute Gasteiger partial charge is 0.246 e. The zero-order valence-corrected chi connectivity index (χ0v) is 12.5. The molecule has 1 unspecified atom stereocenters. The molecular weight excluding hydrogens is 264 g/mol. The van der Waals surface area contributed by atoms with Gasteiger partial charge in [0.05, 0.1) is 0 Å². The van der Waals surface area contributed by atoms with Crippen LogP contribution < -0.4 is 5.32 Å². The zero-order valence-electron chi connectivity index (χ0n) is 12.5. The summed E-state index contributed by atoms with van der Waals surface area (Å²) in [4.78, 5) is 26.9. The van der Waals surface area contributed by atoms with Gasteiger partial charge in [-0.25, -0.2) is 0 Å². The van der Waals surface area contributed by atoms with E-state index in [1.165, 1.54) is 5.56 Å². The quantitative estimate of drug-likeness (QED) is 0.922. The molecule has 0 aromatic heterocycles. The molecule has 1 N–H and O–H groups in total. The Morgan fingerprint density at radius 3 is 2.52 bits per heavy atom. The minimum Gasteiger partial charge on any atom is -0.343 e. The van der Waals surface area contributed by atoms with Crippen LogP contribution in [-0.4, -0.2) is 34.8 Å². The van der Waals surface area contributed by atoms with Crippen molar-refractivity contribution in [2.45, 2.75) is 50.6 Å². The third kappa shape index (κ3) is 2.43. The van der Waals surface area contributed by atoms with Gasteiger partial charge in [-0.15, -0.1) is 0 Å². The molecule has 21 heavy (non-hydrogen) atoms. The number of hydrogen-bond acceptors (Lipinski definition) is 2. The minimum atomic E-state index is -0.585. The van der Waals surface area contributed by atoms with E-state index < -0.39 is 11.6 Å². The molecule has 4 heteroatoms. The normalized spacial score (nSPS) is 24.4. The Morgan fingerprint density at radius 1 is 1.19 bits per heavy atom. The van der Waals surface area contributed by atoms with Gasteiger partial charge >= 0.3 is 0 Å². The monoisotopic (exact) mass is 286 g/mol. The molecule has 1 aliphatic carbocycles. The van der Waals surface area contributed by atoms with Crippen LogP contribution in [0, 0.1) is 0 Å². The molecule has 1 saturated heterocycles. The average Bonchev–Trinajstić information content (AvgIpc) is 2.97. The molecule has 112 valence electrons. The number of carbonyl (C=O) groups is 2. The summed E-state index contributed by atoms with van der Waals surface area (Å²) in [6.07, 6.45) is 4.44. The second-order valence-electron chi connectivity index (χ2n) is 6.16. The van der Waals surface area contributed by atoms with Gasteiger partial charge in [0, 0.05) is 6.54 Å². The molecule has 0 bridgehead atoms. The highest BCUT2D eigenvalue weighted by Gasteiger charge is 2.52. The van der Waals surface area contributed by atoms with Crippen LogP contribution in [0.5, 0.6) is 0 Å². The van der Waals surface area contributed by atoms with Gasteiger partial charge < -0.3 is 10.2 Å². The summed E-state index contributed by atoms with van der Waals surface area (Å²) in [6.45, 7) is 2.40. The summed E-state index contributed by atoms with van der Waals surface area (Å²) in [5.74, 6) is 0.104. The minimum absolute atomic E-state index is 0.0418. The maximum atomic E-state index is 12.6. The molecule has 1 aromatic carbocycles. The molecule has 1 heterocycles. The number of amides is 2. The second kappa shape index (κ2) is 5.51. The Kier molecular flexibility index (Phi) is 3.70. The van der Waals surface area contributed by atoms with E-state index in [1.54, 1.807) is 6.92 Å². The van der Waals surface area contributed by atoms with Gasteiger partial charge in [-0.05, 0) is 31.7 Å². The first-order valence-electron chi connectivity index (χ1n) is 7.80. The summed E-state index contributed by atoms with van der Waals surface area (Å²) in [5, 5.41) is 2.86. The Hall–Kier alpha value is -1.84. The van der Waals surface area contributed by atoms with Crippen molar-refractivity contribution >= 4 is 11.8 Å². The van der Waals surface area contributed by atoms with E-state index in [2.05, 4.69) is 17.4 Å². The summed E-state index contributed by atoms with van der Waals surface area (Å²) in [7, 11) is 0. The molecule has 3 rings (SSSR count). The van der Waals surface area contributed by atoms with Gasteiger partial charge in [-0.2, -0.15) is 0 Å². The van der Waals surface area contributed by atoms with E-state index in [9.17, 15) is 9.59 Å². The van der Waals surface area contributed by atoms with Crippen LogP contribution in [0.2, 0.25) is 0 Å². The predicted molar refractivity (Wildman–Crippen MR) is 80.7 cm³/mol. The molecule has 2 fully saturated rings. The molecule has 2 amide bonds. The Labute approximate surface area is 125 Å². The lowest BCUT2D eigenvalue weighted by atomic mass is 9.89. The summed E-state index contributed by atoms with van der Waals surface area (Å²) in [5.41, 5.74) is 0.621. The lowest BCUT2D eigenvalue weighted by Crippen LogP contribution is -2.69. The van der Waals surface area contributed by atoms with Crippen molar-refractivity contribution in [3.8, 4) is 0 Å². The molecule has 1 spiro atoms. The van der Waals surface area contributed by atoms with Crippen LogP contribution in [0.3, 0.4) is 0 Å². The van der Waals surface area contributed by atoms with Crippen molar-refractivity contribution in [3.05, 3.63) is 35.9 Å². The van der Waals surface area contributed by atoms with Crippen LogP contribution in [0.15, 0.2) is 30.3 Å². The van der Waals surface area contributed by atoms with Gasteiger partial charge in [0.2, 0.25) is 11.8 Å². The first-order chi connectivity index (χ1) is 10.1. The third-order valence-corrected chi connectivity index (χ3v) is 4.82. The van der Waals surface area contributed by atoms with Crippen LogP contribution in [0.4, 0.5) is 0 Å². The lowest BCUT2D eigenvalue weighted by Gasteiger charge is -2.45. The molecule has 2 aliphatic rings. The van der Waals surface area contributed by atoms with Crippen molar-refractivity contribution in [1.82, 2.24) is 10.2 Å². The summed E-state index contributed by atoms with van der Waals surface area (Å²) >= 11 is 0. The fraction of sp³-hybridized carbons (Fsp3) is 0.529. The number of nitrogens with one attached hydrogen (secondary N) is 1. The predicted octanol–water partition coefficient (Wildman–Crippen LogP) is 1.89. The molecule has 1 saturated carbocycles. The molecule has 4 nitrogen and oxygen atoms in total. The van der Waals surface area contributed by atoms with E-state index in [0.717, 1.165) is 32.1 Å². The molecule has 1 aromatic rings. The zero-order chi connectivity index (χ0) is 14.9. The highest BCUT2D eigenvalue weighted by atomic mass is 16.2. The highest BCUT2D eigenvalue weighted by Crippen LogP contribution is 2.38. The van der Waals surface area contributed by atoms with Crippen LogP contribution in [0.1, 0.15) is 38.2 Å². The number of nitrogens with zero attached hydrogens (tertiary/aromatic N) is 1. The number of carbonyl (C=O) groups excluding carboxylic acids is 2. The average molecular weight is 286 g/mol. The van der Waals surface area contributed by atoms with Crippen molar-refractivity contribution in [2.24, 2.45) is 0 Å². The first-order valence-corrected chi connectivity index (χ1v) is 7.80. The molecule has 0 radical (unpaired) electrons. The van der Waals surface area contributed by atoms with Crippen LogP contribution in [0.25, 0.3) is 0 Å². The van der Waals surface area contributed by atoms with Crippen LogP contribution in [-0.2, 0) is 16.0 Å². The molecule has 1 atom stereocenters. The van der Waals surface area contributed by atoms with E-state index in [0.29, 0.717) is 6.54 Å². The third-order valence-electron chi connectivity index (χ3n) is 4.82. The van der Waals surface area contributed by atoms with Gasteiger partial charge in [0.1, 0.15) is 11.6 Å². The van der Waals surface area contributed by atoms with Gasteiger partial charge in [-0.1, -0.05) is 43.2 Å². The number of hydrogen-bond donors (Lipinski definition) is 1. The molecular formula is C17H22N2O2. The maximum Gasteiger partial charge on any atom is 0.246 e. The fourth-order valence-corrected chi connectivity index (χ4v) is 3.63. The number of rotatable bonds is 3. The summed E-state index contributed by atoms with van der Waals surface area (Å²) < 4.78 is 0.